The van der Waals surface area contributed by atoms with Gasteiger partial charge in [0.2, 0.25) is 0 Å². The first-order chi connectivity index (χ1) is 10.8. The second-order valence-corrected chi connectivity index (χ2v) is 4.70. The van der Waals surface area contributed by atoms with Crippen LogP contribution in [-0.4, -0.2) is 23.5 Å². The van der Waals surface area contributed by atoms with Gasteiger partial charge in [0, 0.05) is 28.9 Å². The van der Waals surface area contributed by atoms with Gasteiger partial charge in [0.15, 0.2) is 0 Å². The van der Waals surface area contributed by atoms with E-state index in [0.29, 0.717) is 6.47 Å². The SMILES string of the molecule is COc1ccc2nc(-c3cccnc3)cc(COC=O)c2c1. The Bertz CT molecular complexity index is 804. The van der Waals surface area contributed by atoms with E-state index in [0.717, 1.165) is 33.5 Å². The predicted octanol–water partition coefficient (Wildman–Crippen LogP) is 2.98. The molecule has 5 nitrogen and oxygen atoms in total. The van der Waals surface area contributed by atoms with Crippen LogP contribution in [0.4, 0.5) is 0 Å². The normalized spacial score (nSPS) is 10.4. The molecule has 0 saturated heterocycles. The zero-order valence-corrected chi connectivity index (χ0v) is 12.0. The molecule has 0 amide bonds. The Morgan fingerprint density at radius 2 is 2.14 bits per heavy atom. The number of ether oxygens (including phenoxy) is 2. The van der Waals surface area contributed by atoms with Crippen LogP contribution in [0.2, 0.25) is 0 Å². The summed E-state index contributed by atoms with van der Waals surface area (Å²) in [6.07, 6.45) is 3.47. The molecule has 5 heteroatoms. The van der Waals surface area contributed by atoms with Gasteiger partial charge in [-0.15, -0.1) is 0 Å². The van der Waals surface area contributed by atoms with E-state index >= 15 is 0 Å². The van der Waals surface area contributed by atoms with Gasteiger partial charge in [-0.3, -0.25) is 9.78 Å². The van der Waals surface area contributed by atoms with Crippen LogP contribution in [0, 0.1) is 0 Å². The van der Waals surface area contributed by atoms with Crippen LogP contribution in [0.25, 0.3) is 22.2 Å². The summed E-state index contributed by atoms with van der Waals surface area (Å²) in [5.41, 5.74) is 3.38. The van der Waals surface area contributed by atoms with Crippen LogP contribution in [0.3, 0.4) is 0 Å². The first-order valence-electron chi connectivity index (χ1n) is 6.75. The van der Waals surface area contributed by atoms with Crippen molar-refractivity contribution in [3.63, 3.8) is 0 Å². The minimum absolute atomic E-state index is 0.183. The summed E-state index contributed by atoms with van der Waals surface area (Å²) >= 11 is 0. The summed E-state index contributed by atoms with van der Waals surface area (Å²) in [5.74, 6) is 0.732. The number of rotatable bonds is 5. The second-order valence-electron chi connectivity index (χ2n) is 4.70. The van der Waals surface area contributed by atoms with Gasteiger partial charge in [0.1, 0.15) is 12.4 Å². The van der Waals surface area contributed by atoms with Crippen LogP contribution < -0.4 is 4.74 Å². The molecule has 0 unspecified atom stereocenters. The molecular weight excluding hydrogens is 280 g/mol. The minimum atomic E-state index is 0.183. The molecular formula is C17H14N2O3. The van der Waals surface area contributed by atoms with E-state index in [9.17, 15) is 4.79 Å². The average molecular weight is 294 g/mol. The van der Waals surface area contributed by atoms with E-state index < -0.39 is 0 Å². The molecule has 110 valence electrons. The highest BCUT2D eigenvalue weighted by Gasteiger charge is 2.09. The smallest absolute Gasteiger partial charge is 0.293 e. The van der Waals surface area contributed by atoms with Crippen molar-refractivity contribution in [2.24, 2.45) is 0 Å². The fourth-order valence-corrected chi connectivity index (χ4v) is 2.31. The van der Waals surface area contributed by atoms with Crippen LogP contribution in [0.1, 0.15) is 5.56 Å². The van der Waals surface area contributed by atoms with Crippen molar-refractivity contribution in [3.05, 3.63) is 54.4 Å². The molecule has 2 aromatic heterocycles. The number of hydrogen-bond donors (Lipinski definition) is 0. The Labute approximate surface area is 127 Å². The van der Waals surface area contributed by atoms with Crippen molar-refractivity contribution >= 4 is 17.4 Å². The molecule has 3 rings (SSSR count). The Kier molecular flexibility index (Phi) is 3.96. The Morgan fingerprint density at radius 1 is 1.23 bits per heavy atom. The van der Waals surface area contributed by atoms with Crippen molar-refractivity contribution in [1.82, 2.24) is 9.97 Å². The summed E-state index contributed by atoms with van der Waals surface area (Å²) in [6.45, 7) is 0.624. The van der Waals surface area contributed by atoms with Gasteiger partial charge in [-0.25, -0.2) is 4.98 Å². The highest BCUT2D eigenvalue weighted by atomic mass is 16.5. The van der Waals surface area contributed by atoms with Gasteiger partial charge < -0.3 is 9.47 Å². The summed E-state index contributed by atoms with van der Waals surface area (Å²) in [6, 6.07) is 11.3. The number of pyridine rings is 2. The number of carbonyl (C=O) groups excluding carboxylic acids is 1. The minimum Gasteiger partial charge on any atom is -0.497 e. The highest BCUT2D eigenvalue weighted by molar-refractivity contribution is 5.86. The third-order valence-electron chi connectivity index (χ3n) is 3.37. The van der Waals surface area contributed by atoms with Gasteiger partial charge >= 0.3 is 0 Å². The standard InChI is InChI=1S/C17H14N2O3/c1-21-14-4-5-16-15(8-14)13(10-22-11-20)7-17(19-16)12-3-2-6-18-9-12/h2-9,11H,10H2,1H3. The third-order valence-corrected chi connectivity index (χ3v) is 3.37. The molecule has 0 N–H and O–H groups in total. The molecule has 0 aliphatic rings. The van der Waals surface area contributed by atoms with Crippen molar-refractivity contribution in [3.8, 4) is 17.0 Å². The van der Waals surface area contributed by atoms with E-state index in [1.165, 1.54) is 0 Å². The zero-order valence-electron chi connectivity index (χ0n) is 12.0. The maximum atomic E-state index is 10.5. The fraction of sp³-hybridized carbons (Fsp3) is 0.118. The molecule has 0 atom stereocenters. The molecule has 2 heterocycles. The number of hydrogen-bond acceptors (Lipinski definition) is 5. The molecule has 1 aromatic carbocycles. The lowest BCUT2D eigenvalue weighted by molar-refractivity contribution is -0.129. The van der Waals surface area contributed by atoms with E-state index in [1.807, 2.05) is 36.4 Å². The van der Waals surface area contributed by atoms with Gasteiger partial charge in [-0.05, 0) is 36.4 Å². The first-order valence-corrected chi connectivity index (χ1v) is 6.75. The van der Waals surface area contributed by atoms with Crippen molar-refractivity contribution < 1.29 is 14.3 Å². The molecule has 0 saturated carbocycles. The van der Waals surface area contributed by atoms with Gasteiger partial charge in [0.25, 0.3) is 6.47 Å². The summed E-state index contributed by atoms with van der Waals surface area (Å²) < 4.78 is 10.2. The third kappa shape index (κ3) is 2.74. The predicted molar refractivity (Wildman–Crippen MR) is 82.4 cm³/mol. The summed E-state index contributed by atoms with van der Waals surface area (Å²) in [5, 5.41) is 0.897. The first kappa shape index (κ1) is 14.0. The lowest BCUT2D eigenvalue weighted by Crippen LogP contribution is -1.96. The Hall–Kier alpha value is -2.95. The number of carbonyl (C=O) groups is 1. The van der Waals surface area contributed by atoms with E-state index in [2.05, 4.69) is 9.97 Å². The molecule has 3 aromatic rings. The number of methoxy groups -OCH3 is 1. The largest absolute Gasteiger partial charge is 0.497 e. The van der Waals surface area contributed by atoms with Crippen molar-refractivity contribution in [2.45, 2.75) is 6.61 Å². The average Bonchev–Trinajstić information content (AvgIpc) is 2.59. The topological polar surface area (TPSA) is 61.3 Å². The van der Waals surface area contributed by atoms with Crippen LogP contribution in [0.15, 0.2) is 48.8 Å². The fourth-order valence-electron chi connectivity index (χ4n) is 2.31. The van der Waals surface area contributed by atoms with Crippen LogP contribution in [-0.2, 0) is 16.1 Å². The maximum Gasteiger partial charge on any atom is 0.293 e. The molecule has 0 bridgehead atoms. The van der Waals surface area contributed by atoms with Gasteiger partial charge in [-0.2, -0.15) is 0 Å². The molecule has 0 aliphatic heterocycles. The van der Waals surface area contributed by atoms with Gasteiger partial charge in [0.05, 0.1) is 18.3 Å². The number of aromatic nitrogens is 2. The second kappa shape index (κ2) is 6.22. The molecule has 0 aliphatic carbocycles. The zero-order chi connectivity index (χ0) is 15.4. The number of fused-ring (bicyclic) bond motifs is 1. The molecule has 0 fully saturated rings. The highest BCUT2D eigenvalue weighted by Crippen LogP contribution is 2.27. The molecule has 0 radical (unpaired) electrons. The number of nitrogens with zero attached hydrogens (tertiary/aromatic N) is 2. The monoisotopic (exact) mass is 294 g/mol. The Balaban J connectivity index is 2.18. The molecule has 22 heavy (non-hydrogen) atoms. The molecule has 0 spiro atoms. The van der Waals surface area contributed by atoms with Crippen molar-refractivity contribution in [2.75, 3.05) is 7.11 Å². The lowest BCUT2D eigenvalue weighted by Gasteiger charge is -2.10. The maximum absolute atomic E-state index is 10.5. The Morgan fingerprint density at radius 3 is 2.86 bits per heavy atom. The van der Waals surface area contributed by atoms with E-state index in [4.69, 9.17) is 9.47 Å². The van der Waals surface area contributed by atoms with E-state index in [1.54, 1.807) is 19.5 Å². The van der Waals surface area contributed by atoms with Gasteiger partial charge in [-0.1, -0.05) is 0 Å². The lowest BCUT2D eigenvalue weighted by atomic mass is 10.1. The summed E-state index contributed by atoms with van der Waals surface area (Å²) in [7, 11) is 1.61. The quantitative estimate of drug-likeness (QED) is 0.677. The van der Waals surface area contributed by atoms with Crippen LogP contribution in [0.5, 0.6) is 5.75 Å². The summed E-state index contributed by atoms with van der Waals surface area (Å²) in [4.78, 5) is 19.3. The van der Waals surface area contributed by atoms with Crippen molar-refractivity contribution in [1.29, 1.82) is 0 Å². The van der Waals surface area contributed by atoms with E-state index in [-0.39, 0.29) is 6.61 Å². The van der Waals surface area contributed by atoms with Crippen LogP contribution >= 0.6 is 0 Å². The number of benzene rings is 1.